The van der Waals surface area contributed by atoms with Gasteiger partial charge in [0.1, 0.15) is 5.75 Å². The Morgan fingerprint density at radius 1 is 1.60 bits per heavy atom. The van der Waals surface area contributed by atoms with Crippen LogP contribution in [0.1, 0.15) is 19.8 Å². The van der Waals surface area contributed by atoms with Gasteiger partial charge in [0, 0.05) is 24.7 Å². The van der Waals surface area contributed by atoms with Gasteiger partial charge in [-0.2, -0.15) is 0 Å². The number of ether oxygens (including phenoxy) is 1. The first-order chi connectivity index (χ1) is 9.56. The van der Waals surface area contributed by atoms with Crippen LogP contribution in [0.4, 0.5) is 0 Å². The van der Waals surface area contributed by atoms with Crippen LogP contribution in [0.3, 0.4) is 0 Å². The maximum atomic E-state index is 12.3. The van der Waals surface area contributed by atoms with Crippen LogP contribution in [0.2, 0.25) is 5.02 Å². The summed E-state index contributed by atoms with van der Waals surface area (Å²) in [5, 5.41) is 3.99. The van der Waals surface area contributed by atoms with E-state index in [0.717, 1.165) is 19.5 Å². The van der Waals surface area contributed by atoms with E-state index in [0.29, 0.717) is 16.8 Å². The lowest BCUT2D eigenvalue weighted by atomic mass is 10.2. The SMILES string of the molecule is CC(Oc1cccc(Cl)c1)C(=O)N(C)CC1CCCN1. The molecule has 110 valence electrons. The van der Waals surface area contributed by atoms with E-state index in [2.05, 4.69) is 5.32 Å². The first kappa shape index (κ1) is 15.1. The van der Waals surface area contributed by atoms with Gasteiger partial charge in [0.05, 0.1) is 0 Å². The number of likely N-dealkylation sites (N-methyl/N-ethyl adjacent to an activating group) is 1. The van der Waals surface area contributed by atoms with Gasteiger partial charge in [-0.1, -0.05) is 17.7 Å². The summed E-state index contributed by atoms with van der Waals surface area (Å²) < 4.78 is 5.65. The van der Waals surface area contributed by atoms with E-state index in [4.69, 9.17) is 16.3 Å². The molecule has 5 heteroatoms. The molecule has 4 nitrogen and oxygen atoms in total. The average molecular weight is 297 g/mol. The number of hydrogen-bond acceptors (Lipinski definition) is 3. The summed E-state index contributed by atoms with van der Waals surface area (Å²) in [6.45, 7) is 3.53. The smallest absolute Gasteiger partial charge is 0.263 e. The molecule has 0 radical (unpaired) electrons. The van der Waals surface area contributed by atoms with Crippen LogP contribution in [-0.4, -0.2) is 43.1 Å². The largest absolute Gasteiger partial charge is 0.481 e. The summed E-state index contributed by atoms with van der Waals surface area (Å²) in [6, 6.07) is 7.50. The third kappa shape index (κ3) is 4.12. The summed E-state index contributed by atoms with van der Waals surface area (Å²) in [5.74, 6) is 0.601. The standard InChI is InChI=1S/C15H21ClN2O2/c1-11(20-14-7-3-5-12(16)9-14)15(19)18(2)10-13-6-4-8-17-13/h3,5,7,9,11,13,17H,4,6,8,10H2,1-2H3. The van der Waals surface area contributed by atoms with Crippen LogP contribution in [-0.2, 0) is 4.79 Å². The minimum Gasteiger partial charge on any atom is -0.481 e. The second kappa shape index (κ2) is 6.95. The molecule has 2 atom stereocenters. The van der Waals surface area contributed by atoms with Crippen molar-refractivity contribution in [2.24, 2.45) is 0 Å². The Morgan fingerprint density at radius 3 is 3.05 bits per heavy atom. The Morgan fingerprint density at radius 2 is 2.40 bits per heavy atom. The highest BCUT2D eigenvalue weighted by Gasteiger charge is 2.23. The van der Waals surface area contributed by atoms with Gasteiger partial charge in [-0.25, -0.2) is 0 Å². The molecule has 0 spiro atoms. The van der Waals surface area contributed by atoms with Crippen molar-refractivity contribution in [3.8, 4) is 5.75 Å². The number of benzene rings is 1. The summed E-state index contributed by atoms with van der Waals surface area (Å²) in [6.07, 6.45) is 1.79. The Hall–Kier alpha value is -1.26. The van der Waals surface area contributed by atoms with Gasteiger partial charge in [-0.15, -0.1) is 0 Å². The number of carbonyl (C=O) groups is 1. The first-order valence-electron chi connectivity index (χ1n) is 6.97. The molecule has 1 aliphatic heterocycles. The van der Waals surface area contributed by atoms with Gasteiger partial charge in [0.25, 0.3) is 5.91 Å². The van der Waals surface area contributed by atoms with Gasteiger partial charge < -0.3 is 15.0 Å². The molecular formula is C15H21ClN2O2. The van der Waals surface area contributed by atoms with Crippen molar-refractivity contribution < 1.29 is 9.53 Å². The van der Waals surface area contributed by atoms with Crippen molar-refractivity contribution in [1.82, 2.24) is 10.2 Å². The van der Waals surface area contributed by atoms with Crippen LogP contribution in [0, 0.1) is 0 Å². The van der Waals surface area contributed by atoms with Crippen molar-refractivity contribution in [3.05, 3.63) is 29.3 Å². The molecule has 1 aromatic rings. The van der Waals surface area contributed by atoms with E-state index in [9.17, 15) is 4.79 Å². The van der Waals surface area contributed by atoms with Gasteiger partial charge in [-0.3, -0.25) is 4.79 Å². The minimum atomic E-state index is -0.514. The Labute approximate surface area is 125 Å². The lowest BCUT2D eigenvalue weighted by Crippen LogP contribution is -2.43. The number of nitrogens with one attached hydrogen (secondary N) is 1. The van der Waals surface area contributed by atoms with Crippen molar-refractivity contribution in [3.63, 3.8) is 0 Å². The average Bonchev–Trinajstić information content (AvgIpc) is 2.90. The second-order valence-corrected chi connectivity index (χ2v) is 5.67. The predicted molar refractivity (Wildman–Crippen MR) is 80.2 cm³/mol. The van der Waals surface area contributed by atoms with E-state index in [-0.39, 0.29) is 5.91 Å². The number of hydrogen-bond donors (Lipinski definition) is 1. The number of amides is 1. The highest BCUT2D eigenvalue weighted by molar-refractivity contribution is 6.30. The zero-order valence-corrected chi connectivity index (χ0v) is 12.7. The third-order valence-corrected chi connectivity index (χ3v) is 3.72. The number of rotatable bonds is 5. The molecule has 1 amide bonds. The monoisotopic (exact) mass is 296 g/mol. The molecule has 0 aromatic heterocycles. The normalized spacial score (nSPS) is 19.6. The molecule has 1 N–H and O–H groups in total. The molecular weight excluding hydrogens is 276 g/mol. The molecule has 1 fully saturated rings. The molecule has 0 aliphatic carbocycles. The summed E-state index contributed by atoms with van der Waals surface area (Å²) in [7, 11) is 1.82. The maximum Gasteiger partial charge on any atom is 0.263 e. The third-order valence-electron chi connectivity index (χ3n) is 3.49. The highest BCUT2D eigenvalue weighted by Crippen LogP contribution is 2.19. The molecule has 1 saturated heterocycles. The van der Waals surface area contributed by atoms with E-state index in [1.165, 1.54) is 6.42 Å². The van der Waals surface area contributed by atoms with Crippen molar-refractivity contribution in [1.29, 1.82) is 0 Å². The van der Waals surface area contributed by atoms with Crippen LogP contribution in [0.5, 0.6) is 5.75 Å². The van der Waals surface area contributed by atoms with Crippen molar-refractivity contribution in [2.45, 2.75) is 31.9 Å². The number of carbonyl (C=O) groups excluding carboxylic acids is 1. The Kier molecular flexibility index (Phi) is 5.26. The topological polar surface area (TPSA) is 41.6 Å². The summed E-state index contributed by atoms with van der Waals surface area (Å²) in [4.78, 5) is 14.0. The van der Waals surface area contributed by atoms with E-state index >= 15 is 0 Å². The molecule has 20 heavy (non-hydrogen) atoms. The lowest BCUT2D eigenvalue weighted by molar-refractivity contribution is -0.136. The van der Waals surface area contributed by atoms with Gasteiger partial charge in [-0.05, 0) is 44.5 Å². The van der Waals surface area contributed by atoms with Crippen LogP contribution < -0.4 is 10.1 Å². The Bertz CT molecular complexity index is 461. The van der Waals surface area contributed by atoms with Crippen LogP contribution in [0.25, 0.3) is 0 Å². The number of nitrogens with zero attached hydrogens (tertiary/aromatic N) is 1. The van der Waals surface area contributed by atoms with Crippen molar-refractivity contribution >= 4 is 17.5 Å². The van der Waals surface area contributed by atoms with Gasteiger partial charge >= 0.3 is 0 Å². The fourth-order valence-corrected chi connectivity index (χ4v) is 2.62. The maximum absolute atomic E-state index is 12.3. The minimum absolute atomic E-state index is 0.0151. The highest BCUT2D eigenvalue weighted by atomic mass is 35.5. The Balaban J connectivity index is 1.87. The van der Waals surface area contributed by atoms with E-state index in [1.807, 2.05) is 7.05 Å². The van der Waals surface area contributed by atoms with Gasteiger partial charge in [0.15, 0.2) is 6.10 Å². The van der Waals surface area contributed by atoms with Crippen molar-refractivity contribution in [2.75, 3.05) is 20.1 Å². The molecule has 1 heterocycles. The fourth-order valence-electron chi connectivity index (χ4n) is 2.44. The molecule has 2 rings (SSSR count). The predicted octanol–water partition coefficient (Wildman–Crippen LogP) is 2.32. The summed E-state index contributed by atoms with van der Waals surface area (Å²) >= 11 is 5.90. The molecule has 2 unspecified atom stereocenters. The molecule has 0 saturated carbocycles. The van der Waals surface area contributed by atoms with Gasteiger partial charge in [0.2, 0.25) is 0 Å². The fraction of sp³-hybridized carbons (Fsp3) is 0.533. The molecule has 0 bridgehead atoms. The van der Waals surface area contributed by atoms with Crippen LogP contribution >= 0.6 is 11.6 Å². The van der Waals surface area contributed by atoms with E-state index < -0.39 is 6.10 Å². The second-order valence-electron chi connectivity index (χ2n) is 5.23. The van der Waals surface area contributed by atoms with E-state index in [1.54, 1.807) is 36.1 Å². The first-order valence-corrected chi connectivity index (χ1v) is 7.34. The van der Waals surface area contributed by atoms with Crippen LogP contribution in [0.15, 0.2) is 24.3 Å². The quantitative estimate of drug-likeness (QED) is 0.907. The lowest BCUT2D eigenvalue weighted by Gasteiger charge is -2.24. The zero-order chi connectivity index (χ0) is 14.5. The molecule has 1 aliphatic rings. The number of halogens is 1. The zero-order valence-electron chi connectivity index (χ0n) is 11.9. The summed E-state index contributed by atoms with van der Waals surface area (Å²) in [5.41, 5.74) is 0. The molecule has 1 aromatic carbocycles.